The minimum atomic E-state index is 0.0376. The van der Waals surface area contributed by atoms with Crippen molar-refractivity contribution in [3.63, 3.8) is 0 Å². The van der Waals surface area contributed by atoms with Gasteiger partial charge in [0, 0.05) is 23.7 Å². The maximum atomic E-state index is 12.2. The zero-order chi connectivity index (χ0) is 17.6. The lowest BCUT2D eigenvalue weighted by molar-refractivity contribution is -0.126. The van der Waals surface area contributed by atoms with Crippen LogP contribution in [0, 0.1) is 5.92 Å². The monoisotopic (exact) mass is 362 g/mol. The first-order valence-electron chi connectivity index (χ1n) is 8.74. The molecule has 0 radical (unpaired) electrons. The van der Waals surface area contributed by atoms with Crippen molar-refractivity contribution < 1.29 is 9.32 Å². The van der Waals surface area contributed by atoms with Crippen LogP contribution >= 0.6 is 11.6 Å². The van der Waals surface area contributed by atoms with Gasteiger partial charge in [-0.25, -0.2) is 0 Å². The summed E-state index contributed by atoms with van der Waals surface area (Å²) in [5.41, 5.74) is 0.831. The molecule has 7 heteroatoms. The van der Waals surface area contributed by atoms with Crippen molar-refractivity contribution in [2.45, 2.75) is 32.7 Å². The summed E-state index contributed by atoms with van der Waals surface area (Å²) in [6.45, 7) is 5.02. The Morgan fingerprint density at radius 3 is 3.16 bits per heavy atom. The van der Waals surface area contributed by atoms with Gasteiger partial charge in [0.25, 0.3) is 0 Å². The first kappa shape index (κ1) is 17.9. The van der Waals surface area contributed by atoms with E-state index in [1.165, 1.54) is 0 Å². The largest absolute Gasteiger partial charge is 0.356 e. The minimum Gasteiger partial charge on any atom is -0.356 e. The molecule has 0 aliphatic carbocycles. The number of hydrogen-bond acceptors (Lipinski definition) is 5. The summed E-state index contributed by atoms with van der Waals surface area (Å²) in [7, 11) is 0. The Balaban J connectivity index is 1.60. The van der Waals surface area contributed by atoms with Gasteiger partial charge in [-0.15, -0.1) is 0 Å². The fourth-order valence-corrected chi connectivity index (χ4v) is 3.25. The third kappa shape index (κ3) is 4.80. The van der Waals surface area contributed by atoms with Crippen LogP contribution < -0.4 is 5.32 Å². The molecule has 2 aromatic rings. The molecular formula is C18H23ClN4O2. The maximum absolute atomic E-state index is 12.2. The van der Waals surface area contributed by atoms with Crippen LogP contribution in [0.1, 0.15) is 32.1 Å². The van der Waals surface area contributed by atoms with E-state index in [9.17, 15) is 4.79 Å². The standard InChI is InChI=1S/C18H23ClN4O2/c1-2-8-20-18(24)14-6-4-9-23(11-14)12-16-21-17(22-25-16)13-5-3-7-15(19)10-13/h3,5,7,10,14H,2,4,6,8-9,11-12H2,1H3,(H,20,24). The van der Waals surface area contributed by atoms with Crippen LogP contribution in [0.15, 0.2) is 28.8 Å². The van der Waals surface area contributed by atoms with Crippen molar-refractivity contribution in [1.82, 2.24) is 20.4 Å². The molecule has 0 saturated carbocycles. The van der Waals surface area contributed by atoms with Crippen LogP contribution in [-0.4, -0.2) is 40.6 Å². The lowest BCUT2D eigenvalue weighted by atomic mass is 9.97. The van der Waals surface area contributed by atoms with E-state index in [0.717, 1.165) is 44.5 Å². The molecule has 1 saturated heterocycles. The summed E-state index contributed by atoms with van der Waals surface area (Å²) >= 11 is 6.01. The highest BCUT2D eigenvalue weighted by Crippen LogP contribution is 2.22. The number of nitrogens with zero attached hydrogens (tertiary/aromatic N) is 3. The summed E-state index contributed by atoms with van der Waals surface area (Å²) in [5, 5.41) is 7.66. The number of aromatic nitrogens is 2. The number of rotatable bonds is 6. The molecule has 0 bridgehead atoms. The molecule has 2 heterocycles. The molecule has 1 atom stereocenters. The van der Waals surface area contributed by atoms with Crippen molar-refractivity contribution >= 4 is 17.5 Å². The Labute approximate surface area is 152 Å². The van der Waals surface area contributed by atoms with Crippen LogP contribution in [0.25, 0.3) is 11.4 Å². The van der Waals surface area contributed by atoms with Gasteiger partial charge in [-0.2, -0.15) is 4.98 Å². The smallest absolute Gasteiger partial charge is 0.241 e. The van der Waals surface area contributed by atoms with E-state index in [1.807, 2.05) is 24.3 Å². The molecule has 1 amide bonds. The van der Waals surface area contributed by atoms with Crippen molar-refractivity contribution in [2.24, 2.45) is 5.92 Å². The lowest BCUT2D eigenvalue weighted by Gasteiger charge is -2.30. The van der Waals surface area contributed by atoms with Crippen molar-refractivity contribution in [3.05, 3.63) is 35.2 Å². The summed E-state index contributed by atoms with van der Waals surface area (Å²) in [6, 6.07) is 7.38. The number of carbonyl (C=O) groups excluding carboxylic acids is 1. The fraction of sp³-hybridized carbons (Fsp3) is 0.500. The van der Waals surface area contributed by atoms with Gasteiger partial charge in [0.2, 0.25) is 17.6 Å². The van der Waals surface area contributed by atoms with Crippen LogP contribution in [-0.2, 0) is 11.3 Å². The molecule has 0 spiro atoms. The maximum Gasteiger partial charge on any atom is 0.241 e. The molecule has 1 aliphatic heterocycles. The molecule has 25 heavy (non-hydrogen) atoms. The highest BCUT2D eigenvalue weighted by atomic mass is 35.5. The van der Waals surface area contributed by atoms with Crippen LogP contribution in [0.3, 0.4) is 0 Å². The third-order valence-electron chi connectivity index (χ3n) is 4.34. The van der Waals surface area contributed by atoms with Crippen LogP contribution in [0.5, 0.6) is 0 Å². The first-order valence-corrected chi connectivity index (χ1v) is 9.12. The molecule has 1 N–H and O–H groups in total. The van der Waals surface area contributed by atoms with Crippen molar-refractivity contribution in [1.29, 1.82) is 0 Å². The Hall–Kier alpha value is -1.92. The van der Waals surface area contributed by atoms with Gasteiger partial charge < -0.3 is 9.84 Å². The topological polar surface area (TPSA) is 71.3 Å². The Bertz CT molecular complexity index is 719. The quantitative estimate of drug-likeness (QED) is 0.854. The Kier molecular flexibility index (Phi) is 6.04. The highest BCUT2D eigenvalue weighted by molar-refractivity contribution is 6.30. The predicted octanol–water partition coefficient (Wildman–Crippen LogP) is 3.13. The zero-order valence-corrected chi connectivity index (χ0v) is 15.1. The van der Waals surface area contributed by atoms with E-state index in [0.29, 0.717) is 23.3 Å². The normalized spacial score (nSPS) is 18.2. The molecule has 134 valence electrons. The third-order valence-corrected chi connectivity index (χ3v) is 4.57. The zero-order valence-electron chi connectivity index (χ0n) is 14.4. The second kappa shape index (κ2) is 8.45. The number of halogens is 1. The number of carbonyl (C=O) groups is 1. The highest BCUT2D eigenvalue weighted by Gasteiger charge is 2.26. The lowest BCUT2D eigenvalue weighted by Crippen LogP contribution is -2.42. The molecule has 1 aromatic carbocycles. The number of piperidine rings is 1. The van der Waals surface area contributed by atoms with E-state index < -0.39 is 0 Å². The van der Waals surface area contributed by atoms with Gasteiger partial charge in [-0.1, -0.05) is 35.8 Å². The Morgan fingerprint density at radius 2 is 2.36 bits per heavy atom. The predicted molar refractivity (Wildman–Crippen MR) is 96.0 cm³/mol. The van der Waals surface area contributed by atoms with E-state index in [2.05, 4.69) is 27.3 Å². The number of nitrogens with one attached hydrogen (secondary N) is 1. The molecule has 1 fully saturated rings. The minimum absolute atomic E-state index is 0.0376. The van der Waals surface area contributed by atoms with Gasteiger partial charge in [-0.05, 0) is 37.9 Å². The Morgan fingerprint density at radius 1 is 1.48 bits per heavy atom. The van der Waals surface area contributed by atoms with Gasteiger partial charge >= 0.3 is 0 Å². The molecular weight excluding hydrogens is 340 g/mol. The molecule has 1 aliphatic rings. The van der Waals surface area contributed by atoms with Gasteiger partial charge in [-0.3, -0.25) is 9.69 Å². The fourth-order valence-electron chi connectivity index (χ4n) is 3.06. The molecule has 1 aromatic heterocycles. The van der Waals surface area contributed by atoms with E-state index >= 15 is 0 Å². The summed E-state index contributed by atoms with van der Waals surface area (Å²) < 4.78 is 5.38. The van der Waals surface area contributed by atoms with E-state index in [4.69, 9.17) is 16.1 Å². The van der Waals surface area contributed by atoms with E-state index in [1.54, 1.807) is 0 Å². The van der Waals surface area contributed by atoms with Crippen molar-refractivity contribution in [3.8, 4) is 11.4 Å². The number of likely N-dealkylation sites (tertiary alicyclic amines) is 1. The van der Waals surface area contributed by atoms with Crippen molar-refractivity contribution in [2.75, 3.05) is 19.6 Å². The average Bonchev–Trinajstić information content (AvgIpc) is 3.08. The molecule has 3 rings (SSSR count). The van der Waals surface area contributed by atoms with Gasteiger partial charge in [0.15, 0.2) is 0 Å². The summed E-state index contributed by atoms with van der Waals surface area (Å²) in [5.74, 6) is 1.28. The summed E-state index contributed by atoms with van der Waals surface area (Å²) in [4.78, 5) is 18.8. The number of amides is 1. The van der Waals surface area contributed by atoms with E-state index in [-0.39, 0.29) is 11.8 Å². The summed E-state index contributed by atoms with van der Waals surface area (Å²) in [6.07, 6.45) is 2.89. The van der Waals surface area contributed by atoms with Gasteiger partial charge in [0.05, 0.1) is 12.5 Å². The second-order valence-corrected chi connectivity index (χ2v) is 6.82. The van der Waals surface area contributed by atoms with Gasteiger partial charge in [0.1, 0.15) is 0 Å². The molecule has 6 nitrogen and oxygen atoms in total. The van der Waals surface area contributed by atoms with Crippen LogP contribution in [0.2, 0.25) is 5.02 Å². The molecule has 1 unspecified atom stereocenters. The number of hydrogen-bond donors (Lipinski definition) is 1. The van der Waals surface area contributed by atoms with Crippen LogP contribution in [0.4, 0.5) is 0 Å². The number of benzene rings is 1. The second-order valence-electron chi connectivity index (χ2n) is 6.39. The SMILES string of the molecule is CCCNC(=O)C1CCCN(Cc2nc(-c3cccc(Cl)c3)no2)C1. The average molecular weight is 363 g/mol. The first-order chi connectivity index (χ1) is 12.2.